The van der Waals surface area contributed by atoms with Crippen molar-refractivity contribution in [1.82, 2.24) is 15.0 Å². The maximum Gasteiger partial charge on any atom is 0.189 e. The summed E-state index contributed by atoms with van der Waals surface area (Å²) in [6.45, 7) is 2.15. The summed E-state index contributed by atoms with van der Waals surface area (Å²) in [4.78, 5) is 23.6. The van der Waals surface area contributed by atoms with Crippen LogP contribution in [-0.4, -0.2) is 15.0 Å². The molecular weight excluding hydrogens is 288 g/mol. The van der Waals surface area contributed by atoms with Crippen LogP contribution in [0.5, 0.6) is 0 Å². The van der Waals surface area contributed by atoms with Gasteiger partial charge in [0.1, 0.15) is 5.82 Å². The Hall–Kier alpha value is -2.24. The third-order valence-corrected chi connectivity index (χ3v) is 3.22. The molecule has 1 aromatic carbocycles. The van der Waals surface area contributed by atoms with Crippen LogP contribution in [0, 0.1) is 6.92 Å². The van der Waals surface area contributed by atoms with Crippen LogP contribution in [0.15, 0.2) is 41.5 Å². The van der Waals surface area contributed by atoms with Crippen molar-refractivity contribution in [1.29, 1.82) is 0 Å². The topological polar surface area (TPSA) is 84.7 Å². The van der Waals surface area contributed by atoms with Crippen molar-refractivity contribution in [2.24, 2.45) is 5.73 Å². The number of hydrogen-bond acceptors (Lipinski definition) is 4. The largest absolute Gasteiger partial charge is 0.357 e. The molecule has 0 aliphatic heterocycles. The minimum absolute atomic E-state index is 0. The maximum absolute atomic E-state index is 12.1. The van der Waals surface area contributed by atoms with Gasteiger partial charge < -0.3 is 10.7 Å². The fraction of sp³-hybridized carbons (Fsp3) is 0.133. The summed E-state index contributed by atoms with van der Waals surface area (Å²) in [5.74, 6) is 0.722. The lowest BCUT2D eigenvalue weighted by atomic mass is 10.1. The normalized spacial score (nSPS) is 10.4. The van der Waals surface area contributed by atoms with Gasteiger partial charge in [-0.25, -0.2) is 9.97 Å². The van der Waals surface area contributed by atoms with Gasteiger partial charge in [-0.05, 0) is 24.6 Å². The van der Waals surface area contributed by atoms with Crippen LogP contribution in [-0.2, 0) is 6.54 Å². The van der Waals surface area contributed by atoms with Gasteiger partial charge in [-0.1, -0.05) is 6.07 Å². The van der Waals surface area contributed by atoms with Gasteiger partial charge in [0, 0.05) is 47.2 Å². The highest BCUT2D eigenvalue weighted by atomic mass is 35.5. The average Bonchev–Trinajstić information content (AvgIpc) is 2.47. The molecule has 2 heterocycles. The standard InChI is InChI=1S/C15H14N4O.ClH/c1-9-17-7-11(8-18-9)10-2-3-14-13(4-10)15(20)5-12(6-16)19-14;/h2-5,7-8H,6,16H2,1H3,(H,19,20);1H. The van der Waals surface area contributed by atoms with Crippen molar-refractivity contribution < 1.29 is 0 Å². The second-order valence-corrected chi connectivity index (χ2v) is 4.64. The summed E-state index contributed by atoms with van der Waals surface area (Å²) >= 11 is 0. The Balaban J connectivity index is 0.00000161. The summed E-state index contributed by atoms with van der Waals surface area (Å²) < 4.78 is 0. The lowest BCUT2D eigenvalue weighted by Crippen LogP contribution is -2.08. The summed E-state index contributed by atoms with van der Waals surface area (Å²) in [6, 6.07) is 7.21. The van der Waals surface area contributed by atoms with Crippen molar-refractivity contribution in [2.75, 3.05) is 0 Å². The molecule has 108 valence electrons. The van der Waals surface area contributed by atoms with E-state index in [-0.39, 0.29) is 17.8 Å². The number of halogens is 1. The van der Waals surface area contributed by atoms with E-state index in [0.717, 1.165) is 28.2 Å². The fourth-order valence-corrected chi connectivity index (χ4v) is 2.13. The molecule has 0 saturated heterocycles. The van der Waals surface area contributed by atoms with E-state index in [4.69, 9.17) is 5.73 Å². The first-order chi connectivity index (χ1) is 9.67. The zero-order valence-corrected chi connectivity index (χ0v) is 12.3. The number of nitrogens with one attached hydrogen (secondary N) is 1. The third-order valence-electron chi connectivity index (χ3n) is 3.22. The number of aromatic nitrogens is 3. The fourth-order valence-electron chi connectivity index (χ4n) is 2.13. The molecule has 5 nitrogen and oxygen atoms in total. The predicted molar refractivity (Wildman–Crippen MR) is 85.5 cm³/mol. The quantitative estimate of drug-likeness (QED) is 0.760. The van der Waals surface area contributed by atoms with Crippen LogP contribution >= 0.6 is 12.4 Å². The number of H-pyrrole nitrogens is 1. The van der Waals surface area contributed by atoms with Crippen LogP contribution in [0.4, 0.5) is 0 Å². The van der Waals surface area contributed by atoms with Crippen LogP contribution in [0.25, 0.3) is 22.0 Å². The molecule has 0 atom stereocenters. The molecule has 0 unspecified atom stereocenters. The van der Waals surface area contributed by atoms with Gasteiger partial charge in [-0.2, -0.15) is 0 Å². The number of nitrogens with two attached hydrogens (primary N) is 1. The summed E-state index contributed by atoms with van der Waals surface area (Å²) in [7, 11) is 0. The van der Waals surface area contributed by atoms with Crippen LogP contribution in [0.1, 0.15) is 11.5 Å². The SMILES string of the molecule is Cc1ncc(-c2ccc3[nH]c(CN)cc(=O)c3c2)cn1.Cl. The van der Waals surface area contributed by atoms with Crippen molar-refractivity contribution >= 4 is 23.3 Å². The molecule has 0 bridgehead atoms. The summed E-state index contributed by atoms with van der Waals surface area (Å²) in [5, 5.41) is 0.639. The van der Waals surface area contributed by atoms with E-state index in [1.165, 1.54) is 6.07 Å². The van der Waals surface area contributed by atoms with Gasteiger partial charge in [-0.15, -0.1) is 12.4 Å². The Morgan fingerprint density at radius 1 is 1.14 bits per heavy atom. The van der Waals surface area contributed by atoms with Gasteiger partial charge in [0.15, 0.2) is 5.43 Å². The lowest BCUT2D eigenvalue weighted by Gasteiger charge is -2.05. The van der Waals surface area contributed by atoms with E-state index in [1.54, 1.807) is 12.4 Å². The number of nitrogens with zero attached hydrogens (tertiary/aromatic N) is 2. The number of aromatic amines is 1. The number of hydrogen-bond donors (Lipinski definition) is 2. The highest BCUT2D eigenvalue weighted by Crippen LogP contribution is 2.21. The molecule has 0 spiro atoms. The van der Waals surface area contributed by atoms with Gasteiger partial charge >= 0.3 is 0 Å². The Morgan fingerprint density at radius 3 is 2.52 bits per heavy atom. The Kier molecular flexibility index (Phi) is 4.35. The number of fused-ring (bicyclic) bond motifs is 1. The number of benzene rings is 1. The van der Waals surface area contributed by atoms with Crippen molar-refractivity contribution in [3.8, 4) is 11.1 Å². The average molecular weight is 303 g/mol. The molecule has 0 fully saturated rings. The van der Waals surface area contributed by atoms with Crippen LogP contribution in [0.2, 0.25) is 0 Å². The molecule has 0 saturated carbocycles. The van der Waals surface area contributed by atoms with Crippen LogP contribution in [0.3, 0.4) is 0 Å². The first-order valence-electron chi connectivity index (χ1n) is 6.32. The number of aryl methyl sites for hydroxylation is 1. The van der Waals surface area contributed by atoms with E-state index in [9.17, 15) is 4.79 Å². The van der Waals surface area contributed by atoms with Gasteiger partial charge in [0.05, 0.1) is 0 Å². The van der Waals surface area contributed by atoms with Crippen LogP contribution < -0.4 is 11.2 Å². The predicted octanol–water partition coefficient (Wildman–Crippen LogP) is 2.17. The molecule has 0 amide bonds. The molecule has 2 aromatic heterocycles. The maximum atomic E-state index is 12.1. The molecule has 0 radical (unpaired) electrons. The summed E-state index contributed by atoms with van der Waals surface area (Å²) in [5.41, 5.74) is 8.85. The van der Waals surface area contributed by atoms with Crippen molar-refractivity contribution in [3.63, 3.8) is 0 Å². The second kappa shape index (κ2) is 6.03. The van der Waals surface area contributed by atoms with E-state index in [2.05, 4.69) is 15.0 Å². The molecule has 3 N–H and O–H groups in total. The van der Waals surface area contributed by atoms with Gasteiger partial charge in [0.25, 0.3) is 0 Å². The molecule has 21 heavy (non-hydrogen) atoms. The highest BCUT2D eigenvalue weighted by Gasteiger charge is 2.05. The lowest BCUT2D eigenvalue weighted by molar-refractivity contribution is 1.00. The monoisotopic (exact) mass is 302 g/mol. The first-order valence-corrected chi connectivity index (χ1v) is 6.32. The first kappa shape index (κ1) is 15.2. The molecule has 6 heteroatoms. The van der Waals surface area contributed by atoms with E-state index >= 15 is 0 Å². The minimum atomic E-state index is -0.0333. The second-order valence-electron chi connectivity index (χ2n) is 4.64. The van der Waals surface area contributed by atoms with Gasteiger partial charge in [0.2, 0.25) is 0 Å². The Bertz CT molecular complexity index is 827. The van der Waals surface area contributed by atoms with E-state index in [0.29, 0.717) is 11.9 Å². The van der Waals surface area contributed by atoms with E-state index in [1.807, 2.05) is 25.1 Å². The summed E-state index contributed by atoms with van der Waals surface area (Å²) in [6.07, 6.45) is 3.51. The van der Waals surface area contributed by atoms with E-state index < -0.39 is 0 Å². The zero-order valence-electron chi connectivity index (χ0n) is 11.5. The smallest absolute Gasteiger partial charge is 0.189 e. The molecule has 3 aromatic rings. The highest BCUT2D eigenvalue weighted by molar-refractivity contribution is 5.85. The van der Waals surface area contributed by atoms with Gasteiger partial charge in [-0.3, -0.25) is 4.79 Å². The zero-order chi connectivity index (χ0) is 14.1. The third kappa shape index (κ3) is 2.94. The number of rotatable bonds is 2. The molecule has 0 aliphatic carbocycles. The molecular formula is C15H15ClN4O. The van der Waals surface area contributed by atoms with Crippen molar-refractivity contribution in [3.05, 3.63) is 58.4 Å². The molecule has 3 rings (SSSR count). The van der Waals surface area contributed by atoms with Crippen molar-refractivity contribution in [2.45, 2.75) is 13.5 Å². The minimum Gasteiger partial charge on any atom is -0.357 e. The number of pyridine rings is 1. The Morgan fingerprint density at radius 2 is 1.86 bits per heavy atom. The Labute approximate surface area is 127 Å². The molecule has 0 aliphatic rings.